The largest absolute Gasteiger partial charge is 0.382 e. The van der Waals surface area contributed by atoms with Gasteiger partial charge in [0.05, 0.1) is 5.69 Å². The van der Waals surface area contributed by atoms with Crippen LogP contribution in [-0.4, -0.2) is 23.0 Å². The molecule has 2 aromatic rings. The normalized spacial score (nSPS) is 20.0. The smallest absolute Gasteiger partial charge is 0.217 e. The average Bonchev–Trinajstić information content (AvgIpc) is 2.96. The molecule has 2 N–H and O–H groups in total. The minimum atomic E-state index is -0.221. The Hall–Kier alpha value is -2.43. The van der Waals surface area contributed by atoms with Gasteiger partial charge in [0.25, 0.3) is 0 Å². The molecule has 1 heterocycles. The van der Waals surface area contributed by atoms with Crippen molar-refractivity contribution in [3.05, 3.63) is 47.9 Å². The summed E-state index contributed by atoms with van der Waals surface area (Å²) in [4.78, 5) is 15.5. The molecule has 0 bridgehead atoms. The first-order valence-corrected chi connectivity index (χ1v) is 8.27. The maximum atomic E-state index is 13.8. The van der Waals surface area contributed by atoms with Crippen LogP contribution < -0.4 is 10.6 Å². The maximum absolute atomic E-state index is 13.8. The van der Waals surface area contributed by atoms with E-state index in [4.69, 9.17) is 0 Å². The van der Waals surface area contributed by atoms with E-state index in [0.717, 1.165) is 36.2 Å². The SMILES string of the molecule is CC(=O)N[C@H]1CC[C@H](Nc2ccnc(-c3ccc(C)c(F)c3)c2)C1. The molecule has 1 saturated carbocycles. The number of pyridine rings is 1. The van der Waals surface area contributed by atoms with Gasteiger partial charge in [-0.2, -0.15) is 0 Å². The first-order chi connectivity index (χ1) is 11.5. The van der Waals surface area contributed by atoms with Gasteiger partial charge in [0.2, 0.25) is 5.91 Å². The van der Waals surface area contributed by atoms with Crippen LogP contribution in [0.5, 0.6) is 0 Å². The summed E-state index contributed by atoms with van der Waals surface area (Å²) in [7, 11) is 0. The van der Waals surface area contributed by atoms with E-state index < -0.39 is 0 Å². The Bertz CT molecular complexity index is 747. The topological polar surface area (TPSA) is 54.0 Å². The number of benzene rings is 1. The van der Waals surface area contributed by atoms with E-state index in [-0.39, 0.29) is 17.8 Å². The van der Waals surface area contributed by atoms with Crippen LogP contribution in [0.3, 0.4) is 0 Å². The van der Waals surface area contributed by atoms with Crippen LogP contribution in [0.15, 0.2) is 36.5 Å². The highest BCUT2D eigenvalue weighted by Crippen LogP contribution is 2.26. The zero-order chi connectivity index (χ0) is 17.1. The number of rotatable bonds is 4. The standard InChI is InChI=1S/C19H22FN3O/c1-12-3-4-14(9-18(12)20)19-11-17(7-8-21-19)23-16-6-5-15(10-16)22-13(2)24/h3-4,7-9,11,15-16H,5-6,10H2,1-2H3,(H,21,23)(H,22,24)/t15-,16-/m0/s1. The van der Waals surface area contributed by atoms with Gasteiger partial charge in [-0.25, -0.2) is 4.39 Å². The van der Waals surface area contributed by atoms with Gasteiger partial charge >= 0.3 is 0 Å². The second kappa shape index (κ2) is 6.99. The lowest BCUT2D eigenvalue weighted by Gasteiger charge is -2.15. The molecule has 3 rings (SSSR count). The molecule has 0 unspecified atom stereocenters. The van der Waals surface area contributed by atoms with Gasteiger partial charge in [-0.3, -0.25) is 9.78 Å². The van der Waals surface area contributed by atoms with E-state index in [1.165, 1.54) is 6.07 Å². The van der Waals surface area contributed by atoms with Gasteiger partial charge in [-0.05, 0) is 49.9 Å². The third-order valence-corrected chi connectivity index (χ3v) is 4.44. The number of hydrogen-bond acceptors (Lipinski definition) is 3. The van der Waals surface area contributed by atoms with Gasteiger partial charge in [-0.1, -0.05) is 12.1 Å². The molecule has 1 aliphatic carbocycles. The van der Waals surface area contributed by atoms with Gasteiger partial charge in [0.15, 0.2) is 0 Å². The summed E-state index contributed by atoms with van der Waals surface area (Å²) >= 11 is 0. The first kappa shape index (κ1) is 16.4. The molecule has 1 aliphatic rings. The van der Waals surface area contributed by atoms with Crippen LogP contribution in [-0.2, 0) is 4.79 Å². The fourth-order valence-electron chi connectivity index (χ4n) is 3.20. The van der Waals surface area contributed by atoms with E-state index >= 15 is 0 Å². The lowest BCUT2D eigenvalue weighted by atomic mass is 10.1. The summed E-state index contributed by atoms with van der Waals surface area (Å²) in [5, 5.41) is 6.47. The summed E-state index contributed by atoms with van der Waals surface area (Å²) in [6, 6.07) is 9.59. The third kappa shape index (κ3) is 3.91. The molecule has 24 heavy (non-hydrogen) atoms. The molecule has 1 fully saturated rings. The molecule has 1 aromatic heterocycles. The Morgan fingerprint density at radius 3 is 2.75 bits per heavy atom. The second-order valence-electron chi connectivity index (χ2n) is 6.45. The van der Waals surface area contributed by atoms with Crippen molar-refractivity contribution in [2.75, 3.05) is 5.32 Å². The Labute approximate surface area is 141 Å². The molecule has 5 heteroatoms. The molecule has 0 spiro atoms. The lowest BCUT2D eigenvalue weighted by molar-refractivity contribution is -0.119. The Kier molecular flexibility index (Phi) is 4.79. The highest BCUT2D eigenvalue weighted by atomic mass is 19.1. The van der Waals surface area contributed by atoms with Crippen LogP contribution in [0.1, 0.15) is 31.7 Å². The summed E-state index contributed by atoms with van der Waals surface area (Å²) in [5.74, 6) is -0.199. The zero-order valence-electron chi connectivity index (χ0n) is 14.0. The predicted octanol–water partition coefficient (Wildman–Crippen LogP) is 3.67. The number of nitrogens with zero attached hydrogens (tertiary/aromatic N) is 1. The summed E-state index contributed by atoms with van der Waals surface area (Å²) in [6.07, 6.45) is 4.65. The molecule has 0 saturated heterocycles. The van der Waals surface area contributed by atoms with E-state index in [1.807, 2.05) is 18.2 Å². The van der Waals surface area contributed by atoms with E-state index in [1.54, 1.807) is 26.1 Å². The molecule has 1 aromatic carbocycles. The van der Waals surface area contributed by atoms with Crippen molar-refractivity contribution in [3.63, 3.8) is 0 Å². The van der Waals surface area contributed by atoms with E-state index in [2.05, 4.69) is 15.6 Å². The predicted molar refractivity (Wildman–Crippen MR) is 93.2 cm³/mol. The van der Waals surface area contributed by atoms with Gasteiger partial charge < -0.3 is 10.6 Å². The number of hydrogen-bond donors (Lipinski definition) is 2. The second-order valence-corrected chi connectivity index (χ2v) is 6.45. The van der Waals surface area contributed by atoms with Crippen molar-refractivity contribution in [2.24, 2.45) is 0 Å². The number of halogens is 1. The zero-order valence-corrected chi connectivity index (χ0v) is 14.0. The number of aryl methyl sites for hydroxylation is 1. The number of anilines is 1. The van der Waals surface area contributed by atoms with E-state index in [0.29, 0.717) is 11.6 Å². The van der Waals surface area contributed by atoms with E-state index in [9.17, 15) is 9.18 Å². The Morgan fingerprint density at radius 1 is 1.21 bits per heavy atom. The van der Waals surface area contributed by atoms with Crippen molar-refractivity contribution in [2.45, 2.75) is 45.2 Å². The quantitative estimate of drug-likeness (QED) is 0.901. The van der Waals surface area contributed by atoms with Crippen molar-refractivity contribution < 1.29 is 9.18 Å². The van der Waals surface area contributed by atoms with Crippen LogP contribution >= 0.6 is 0 Å². The Balaban J connectivity index is 1.70. The van der Waals surface area contributed by atoms with Crippen LogP contribution in [0.4, 0.5) is 10.1 Å². The van der Waals surface area contributed by atoms with Crippen molar-refractivity contribution in [3.8, 4) is 11.3 Å². The van der Waals surface area contributed by atoms with Crippen molar-refractivity contribution in [1.82, 2.24) is 10.3 Å². The minimum Gasteiger partial charge on any atom is -0.382 e. The molecule has 0 aliphatic heterocycles. The average molecular weight is 327 g/mol. The van der Waals surface area contributed by atoms with Crippen LogP contribution in [0, 0.1) is 12.7 Å². The highest BCUT2D eigenvalue weighted by molar-refractivity contribution is 5.73. The summed E-state index contributed by atoms with van der Waals surface area (Å²) < 4.78 is 13.8. The van der Waals surface area contributed by atoms with Gasteiger partial charge in [0.1, 0.15) is 5.82 Å². The number of nitrogens with one attached hydrogen (secondary N) is 2. The third-order valence-electron chi connectivity index (χ3n) is 4.44. The monoisotopic (exact) mass is 327 g/mol. The molecular formula is C19H22FN3O. The van der Waals surface area contributed by atoms with Crippen molar-refractivity contribution >= 4 is 11.6 Å². The van der Waals surface area contributed by atoms with Gasteiger partial charge in [-0.15, -0.1) is 0 Å². The molecule has 2 atom stereocenters. The fraction of sp³-hybridized carbons (Fsp3) is 0.368. The molecule has 126 valence electrons. The number of carbonyl (C=O) groups is 1. The first-order valence-electron chi connectivity index (χ1n) is 8.27. The van der Waals surface area contributed by atoms with Crippen molar-refractivity contribution in [1.29, 1.82) is 0 Å². The van der Waals surface area contributed by atoms with Gasteiger partial charge in [0, 0.05) is 36.5 Å². The molecule has 4 nitrogen and oxygen atoms in total. The summed E-state index contributed by atoms with van der Waals surface area (Å²) in [6.45, 7) is 3.30. The highest BCUT2D eigenvalue weighted by Gasteiger charge is 2.25. The van der Waals surface area contributed by atoms with Crippen LogP contribution in [0.25, 0.3) is 11.3 Å². The fourth-order valence-corrected chi connectivity index (χ4v) is 3.20. The molecule has 1 amide bonds. The van der Waals surface area contributed by atoms with Crippen LogP contribution in [0.2, 0.25) is 0 Å². The number of amides is 1. The number of carbonyl (C=O) groups excluding carboxylic acids is 1. The molecular weight excluding hydrogens is 305 g/mol. The summed E-state index contributed by atoms with van der Waals surface area (Å²) in [5.41, 5.74) is 3.11. The lowest BCUT2D eigenvalue weighted by Crippen LogP contribution is -2.31. The number of aromatic nitrogens is 1. The maximum Gasteiger partial charge on any atom is 0.217 e. The molecule has 0 radical (unpaired) electrons. The minimum absolute atomic E-state index is 0.0215. The Morgan fingerprint density at radius 2 is 2.00 bits per heavy atom.